The van der Waals surface area contributed by atoms with E-state index in [1.54, 1.807) is 0 Å². The first-order chi connectivity index (χ1) is 31.2. The zero-order valence-corrected chi connectivity index (χ0v) is 39.1. The molecule has 8 aromatic rings. The fourth-order valence-corrected chi connectivity index (χ4v) is 11.8. The van der Waals surface area contributed by atoms with Gasteiger partial charge in [0.2, 0.25) is 0 Å². The molecular formula is C64H57N. The summed E-state index contributed by atoms with van der Waals surface area (Å²) in [5.74, 6) is 0.524. The van der Waals surface area contributed by atoms with Crippen molar-refractivity contribution in [3.63, 3.8) is 0 Å². The second-order valence-electron chi connectivity index (χ2n) is 21.7. The van der Waals surface area contributed by atoms with Crippen LogP contribution in [0.4, 0.5) is 17.1 Å². The van der Waals surface area contributed by atoms with E-state index in [1.807, 2.05) is 0 Å². The minimum atomic E-state index is -0.448. The van der Waals surface area contributed by atoms with E-state index in [1.165, 1.54) is 94.6 Å². The van der Waals surface area contributed by atoms with Crippen molar-refractivity contribution in [3.8, 4) is 44.5 Å². The standard InChI is InChI=1S/C64H57N/c1-61(2,3)44-25-31-51-52-32-26-45(62(4,5)6)37-60(52)64(59(51)36-44)57-22-12-10-20-50(57)54-39-48(30-34-58(54)64)65(47-29-33-56-53(38-47)49-19-9-11-21-55(49)63(56,7)8)46-27-23-41(24-28-46)43-18-14-17-42(35-43)40-15-13-16-40/h9-15,17-40H,16H2,1-8H3. The molecule has 4 aliphatic rings. The van der Waals surface area contributed by atoms with E-state index in [4.69, 9.17) is 0 Å². The number of benzene rings is 8. The Hall–Kier alpha value is -6.70. The molecule has 0 saturated carbocycles. The van der Waals surface area contributed by atoms with Gasteiger partial charge in [-0.3, -0.25) is 0 Å². The van der Waals surface area contributed by atoms with Crippen LogP contribution in [-0.2, 0) is 21.7 Å². The predicted molar refractivity (Wildman–Crippen MR) is 274 cm³/mol. The molecule has 0 heterocycles. The van der Waals surface area contributed by atoms with Gasteiger partial charge in [-0.15, -0.1) is 0 Å². The van der Waals surface area contributed by atoms with Crippen LogP contribution in [0.1, 0.15) is 118 Å². The highest BCUT2D eigenvalue weighted by Crippen LogP contribution is 2.64. The van der Waals surface area contributed by atoms with E-state index in [0.29, 0.717) is 5.92 Å². The normalized spacial score (nSPS) is 16.6. The third-order valence-electron chi connectivity index (χ3n) is 15.5. The highest BCUT2D eigenvalue weighted by molar-refractivity contribution is 5.97. The Kier molecular flexibility index (Phi) is 8.52. The highest BCUT2D eigenvalue weighted by Gasteiger charge is 2.52. The maximum absolute atomic E-state index is 2.54. The van der Waals surface area contributed by atoms with Crippen molar-refractivity contribution in [2.45, 2.75) is 89.4 Å². The number of hydrogen-bond donors (Lipinski definition) is 0. The van der Waals surface area contributed by atoms with E-state index in [2.05, 4.69) is 242 Å². The van der Waals surface area contributed by atoms with Gasteiger partial charge in [0, 0.05) is 28.4 Å². The van der Waals surface area contributed by atoms with Crippen molar-refractivity contribution in [2.75, 3.05) is 4.90 Å². The summed E-state index contributed by atoms with van der Waals surface area (Å²) in [6.07, 6.45) is 5.72. The van der Waals surface area contributed by atoms with E-state index < -0.39 is 5.41 Å². The van der Waals surface area contributed by atoms with Gasteiger partial charge in [-0.1, -0.05) is 201 Å². The lowest BCUT2D eigenvalue weighted by Gasteiger charge is -2.33. The van der Waals surface area contributed by atoms with Crippen LogP contribution >= 0.6 is 0 Å². The number of anilines is 3. The highest BCUT2D eigenvalue weighted by atomic mass is 15.1. The molecule has 0 bridgehead atoms. The molecule has 0 amide bonds. The average Bonchev–Trinajstić information content (AvgIpc) is 3.83. The van der Waals surface area contributed by atoms with Gasteiger partial charge in [0.25, 0.3) is 0 Å². The molecule has 12 rings (SSSR count). The Bertz CT molecular complexity index is 3220. The molecule has 1 nitrogen and oxygen atoms in total. The minimum Gasteiger partial charge on any atom is -0.310 e. The van der Waals surface area contributed by atoms with Crippen LogP contribution in [0.3, 0.4) is 0 Å². The molecule has 4 aliphatic carbocycles. The molecule has 8 aromatic carbocycles. The molecule has 0 radical (unpaired) electrons. The van der Waals surface area contributed by atoms with E-state index in [0.717, 1.165) is 23.5 Å². The average molecular weight is 840 g/mol. The Balaban J connectivity index is 1.07. The summed E-state index contributed by atoms with van der Waals surface area (Å²) in [5, 5.41) is 0. The molecule has 1 unspecified atom stereocenters. The maximum Gasteiger partial charge on any atom is 0.0725 e. The van der Waals surface area contributed by atoms with Crippen molar-refractivity contribution >= 4 is 17.1 Å². The monoisotopic (exact) mass is 839 g/mol. The van der Waals surface area contributed by atoms with Gasteiger partial charge >= 0.3 is 0 Å². The number of allylic oxidation sites excluding steroid dienone is 2. The number of rotatable bonds is 5. The SMILES string of the molecule is CC(C)(C)c1ccc2c(c1)C1(c3ccccc3-c3cc(N(c4ccc(-c5cccc(C6C=CC6)c5)cc4)c4ccc5c(c4)-c4ccccc4C5(C)C)ccc31)c1cc(C(C)(C)C)ccc1-2. The molecule has 318 valence electrons. The van der Waals surface area contributed by atoms with Crippen molar-refractivity contribution in [2.24, 2.45) is 0 Å². The smallest absolute Gasteiger partial charge is 0.0725 e. The second-order valence-corrected chi connectivity index (χ2v) is 21.7. The lowest BCUT2D eigenvalue weighted by atomic mass is 9.69. The first-order valence-corrected chi connectivity index (χ1v) is 23.7. The molecule has 0 saturated heterocycles. The van der Waals surface area contributed by atoms with E-state index in [-0.39, 0.29) is 16.2 Å². The summed E-state index contributed by atoms with van der Waals surface area (Å²) in [7, 11) is 0. The zero-order chi connectivity index (χ0) is 44.6. The fraction of sp³-hybridized carbons (Fsp3) is 0.219. The lowest BCUT2D eigenvalue weighted by molar-refractivity contribution is 0.586. The van der Waals surface area contributed by atoms with Crippen molar-refractivity contribution in [3.05, 3.63) is 232 Å². The van der Waals surface area contributed by atoms with Gasteiger partial charge in [0.15, 0.2) is 0 Å². The van der Waals surface area contributed by atoms with Crippen LogP contribution in [0, 0.1) is 0 Å². The Morgan fingerprint density at radius 1 is 0.415 bits per heavy atom. The Morgan fingerprint density at radius 2 is 0.908 bits per heavy atom. The lowest BCUT2D eigenvalue weighted by Crippen LogP contribution is -2.27. The van der Waals surface area contributed by atoms with Gasteiger partial charge < -0.3 is 4.90 Å². The maximum atomic E-state index is 2.54. The summed E-state index contributed by atoms with van der Waals surface area (Å²) in [6, 6.07) is 65.8. The van der Waals surface area contributed by atoms with Gasteiger partial charge in [0.1, 0.15) is 0 Å². The van der Waals surface area contributed by atoms with Crippen molar-refractivity contribution < 1.29 is 0 Å². The van der Waals surface area contributed by atoms with Gasteiger partial charge in [-0.25, -0.2) is 0 Å². The fourth-order valence-electron chi connectivity index (χ4n) is 11.8. The third kappa shape index (κ3) is 5.83. The number of fused-ring (bicyclic) bond motifs is 13. The van der Waals surface area contributed by atoms with Crippen LogP contribution < -0.4 is 4.90 Å². The van der Waals surface area contributed by atoms with Gasteiger partial charge in [-0.2, -0.15) is 0 Å². The topological polar surface area (TPSA) is 3.24 Å². The zero-order valence-electron chi connectivity index (χ0n) is 39.1. The van der Waals surface area contributed by atoms with Crippen LogP contribution in [0.15, 0.2) is 182 Å². The molecule has 1 atom stereocenters. The van der Waals surface area contributed by atoms with Crippen LogP contribution in [-0.4, -0.2) is 0 Å². The molecular weight excluding hydrogens is 783 g/mol. The molecule has 0 fully saturated rings. The minimum absolute atomic E-state index is 0.00471. The molecule has 0 N–H and O–H groups in total. The first-order valence-electron chi connectivity index (χ1n) is 23.7. The summed E-state index contributed by atoms with van der Waals surface area (Å²) >= 11 is 0. The Labute approximate surface area is 386 Å². The molecule has 1 spiro atoms. The second kappa shape index (κ2) is 13.9. The van der Waals surface area contributed by atoms with Crippen molar-refractivity contribution in [1.29, 1.82) is 0 Å². The van der Waals surface area contributed by atoms with Gasteiger partial charge in [-0.05, 0) is 148 Å². The van der Waals surface area contributed by atoms with Crippen LogP contribution in [0.25, 0.3) is 44.5 Å². The third-order valence-corrected chi connectivity index (χ3v) is 15.5. The van der Waals surface area contributed by atoms with Gasteiger partial charge in [0.05, 0.1) is 5.41 Å². The summed E-state index contributed by atoms with van der Waals surface area (Å²) in [6.45, 7) is 18.8. The molecule has 0 aliphatic heterocycles. The summed E-state index contributed by atoms with van der Waals surface area (Å²) in [5.41, 5.74) is 25.8. The van der Waals surface area contributed by atoms with Crippen LogP contribution in [0.2, 0.25) is 0 Å². The first kappa shape index (κ1) is 39.9. The summed E-state index contributed by atoms with van der Waals surface area (Å²) in [4.78, 5) is 2.49. The summed E-state index contributed by atoms with van der Waals surface area (Å²) < 4.78 is 0. The Morgan fingerprint density at radius 3 is 1.49 bits per heavy atom. The molecule has 1 heteroatoms. The van der Waals surface area contributed by atoms with E-state index >= 15 is 0 Å². The molecule has 0 aromatic heterocycles. The quantitative estimate of drug-likeness (QED) is 0.156. The van der Waals surface area contributed by atoms with Crippen LogP contribution in [0.5, 0.6) is 0 Å². The van der Waals surface area contributed by atoms with Crippen molar-refractivity contribution in [1.82, 2.24) is 0 Å². The largest absolute Gasteiger partial charge is 0.310 e. The number of hydrogen-bond acceptors (Lipinski definition) is 1. The van der Waals surface area contributed by atoms with E-state index in [9.17, 15) is 0 Å². The molecule has 65 heavy (non-hydrogen) atoms. The number of nitrogens with zero attached hydrogens (tertiary/aromatic N) is 1. The predicted octanol–water partition coefficient (Wildman–Crippen LogP) is 17.1.